The first-order valence-corrected chi connectivity index (χ1v) is 5.53. The average molecular weight is 217 g/mol. The normalized spacial score (nSPS) is 27.7. The van der Waals surface area contributed by atoms with Crippen molar-refractivity contribution in [3.05, 3.63) is 11.1 Å². The first-order chi connectivity index (χ1) is 6.27. The number of carboxylic acids is 1. The minimum Gasteiger partial charge on any atom is -0.480 e. The molecule has 2 heterocycles. The van der Waals surface area contributed by atoms with Gasteiger partial charge in [0.1, 0.15) is 11.7 Å². The lowest BCUT2D eigenvalue weighted by Gasteiger charge is -2.06. The molecular weight excluding hydrogens is 210 g/mol. The van der Waals surface area contributed by atoms with Crippen LogP contribution in [0.3, 0.4) is 0 Å². The van der Waals surface area contributed by atoms with Gasteiger partial charge in [-0.2, -0.15) is 0 Å². The van der Waals surface area contributed by atoms with Gasteiger partial charge < -0.3 is 5.11 Å². The number of hydrogen-bond acceptors (Lipinski definition) is 6. The summed E-state index contributed by atoms with van der Waals surface area (Å²) in [5, 5.41) is 17.4. The quantitative estimate of drug-likeness (QED) is 0.743. The van der Waals surface area contributed by atoms with Crippen LogP contribution < -0.4 is 5.32 Å². The van der Waals surface area contributed by atoms with Gasteiger partial charge in [-0.05, 0) is 11.5 Å². The molecule has 13 heavy (non-hydrogen) atoms. The van der Waals surface area contributed by atoms with Crippen LogP contribution in [0, 0.1) is 0 Å². The second kappa shape index (κ2) is 3.60. The fraction of sp³-hybridized carbons (Fsp3) is 0.500. The van der Waals surface area contributed by atoms with Crippen molar-refractivity contribution in [2.24, 2.45) is 0 Å². The Morgan fingerprint density at radius 2 is 2.62 bits per heavy atom. The maximum Gasteiger partial charge on any atom is 0.321 e. The monoisotopic (exact) mass is 217 g/mol. The Morgan fingerprint density at radius 3 is 3.15 bits per heavy atom. The van der Waals surface area contributed by atoms with E-state index in [0.717, 1.165) is 5.69 Å². The number of carbonyl (C=O) groups is 1. The van der Waals surface area contributed by atoms with E-state index >= 15 is 0 Å². The molecule has 2 rings (SSSR count). The van der Waals surface area contributed by atoms with Gasteiger partial charge in [0.05, 0.1) is 5.37 Å². The van der Waals surface area contributed by atoms with Crippen LogP contribution >= 0.6 is 23.3 Å². The van der Waals surface area contributed by atoms with E-state index in [0.29, 0.717) is 5.75 Å². The third-order valence-electron chi connectivity index (χ3n) is 1.73. The topological polar surface area (TPSA) is 75.1 Å². The minimum atomic E-state index is -0.807. The lowest BCUT2D eigenvalue weighted by molar-refractivity contribution is -0.138. The average Bonchev–Trinajstić information content (AvgIpc) is 2.75. The highest BCUT2D eigenvalue weighted by Gasteiger charge is 2.31. The molecule has 0 amide bonds. The van der Waals surface area contributed by atoms with E-state index in [9.17, 15) is 4.79 Å². The van der Waals surface area contributed by atoms with E-state index in [1.54, 1.807) is 11.8 Å². The Morgan fingerprint density at radius 1 is 1.77 bits per heavy atom. The fourth-order valence-electron chi connectivity index (χ4n) is 1.07. The number of aliphatic carboxylic acids is 1. The molecule has 70 valence electrons. The number of hydrogen-bond donors (Lipinski definition) is 2. The summed E-state index contributed by atoms with van der Waals surface area (Å²) in [6, 6.07) is -0.461. The van der Waals surface area contributed by atoms with Crippen molar-refractivity contribution in [3.8, 4) is 0 Å². The number of aromatic nitrogens is 2. The standard InChI is InChI=1S/C6H7N3O2S2/c10-6(11)4-1-12-5(7-4)3-2-13-9-8-3/h2,4-5,7H,1H2,(H,10,11)/t4-,5?/m1/s1. The Bertz CT molecular complexity index is 303. The van der Waals surface area contributed by atoms with Crippen LogP contribution in [0.25, 0.3) is 0 Å². The van der Waals surface area contributed by atoms with E-state index in [1.807, 2.05) is 5.38 Å². The molecule has 1 unspecified atom stereocenters. The Kier molecular flexibility index (Phi) is 2.47. The molecule has 1 aromatic rings. The van der Waals surface area contributed by atoms with Crippen molar-refractivity contribution in [2.45, 2.75) is 11.4 Å². The van der Waals surface area contributed by atoms with Gasteiger partial charge >= 0.3 is 5.97 Å². The highest BCUT2D eigenvalue weighted by Crippen LogP contribution is 2.31. The Balaban J connectivity index is 2.03. The molecule has 0 radical (unpaired) electrons. The lowest BCUT2D eigenvalue weighted by Crippen LogP contribution is -2.33. The van der Waals surface area contributed by atoms with Crippen LogP contribution in [-0.2, 0) is 4.79 Å². The van der Waals surface area contributed by atoms with Crippen LogP contribution in [-0.4, -0.2) is 32.5 Å². The maximum absolute atomic E-state index is 10.6. The smallest absolute Gasteiger partial charge is 0.321 e. The fourth-order valence-corrected chi connectivity index (χ4v) is 2.81. The summed E-state index contributed by atoms with van der Waals surface area (Å²) in [6.07, 6.45) is 0. The molecule has 0 bridgehead atoms. The number of nitrogens with zero attached hydrogens (tertiary/aromatic N) is 2. The summed E-state index contributed by atoms with van der Waals surface area (Å²) >= 11 is 2.82. The molecule has 1 aromatic heterocycles. The van der Waals surface area contributed by atoms with Gasteiger partial charge in [-0.1, -0.05) is 4.49 Å². The predicted molar refractivity (Wildman–Crippen MR) is 49.7 cm³/mol. The van der Waals surface area contributed by atoms with Crippen LogP contribution in [0.15, 0.2) is 5.38 Å². The molecule has 0 saturated carbocycles. The molecule has 0 aliphatic carbocycles. The van der Waals surface area contributed by atoms with E-state index < -0.39 is 12.0 Å². The van der Waals surface area contributed by atoms with E-state index in [2.05, 4.69) is 14.9 Å². The van der Waals surface area contributed by atoms with Crippen molar-refractivity contribution < 1.29 is 9.90 Å². The zero-order valence-electron chi connectivity index (χ0n) is 6.51. The maximum atomic E-state index is 10.6. The summed E-state index contributed by atoms with van der Waals surface area (Å²) in [5.41, 5.74) is 0.818. The largest absolute Gasteiger partial charge is 0.480 e. The molecule has 1 saturated heterocycles. The third kappa shape index (κ3) is 1.82. The van der Waals surface area contributed by atoms with Gasteiger partial charge in [0.15, 0.2) is 0 Å². The van der Waals surface area contributed by atoms with Crippen molar-refractivity contribution >= 4 is 29.3 Å². The molecule has 7 heteroatoms. The van der Waals surface area contributed by atoms with Gasteiger partial charge in [-0.25, -0.2) is 0 Å². The molecule has 5 nitrogen and oxygen atoms in total. The zero-order chi connectivity index (χ0) is 9.26. The van der Waals surface area contributed by atoms with E-state index in [4.69, 9.17) is 5.11 Å². The number of thioether (sulfide) groups is 1. The second-order valence-corrected chi connectivity index (χ2v) is 4.35. The number of carboxylic acid groups (broad SMARTS) is 1. The van der Waals surface area contributed by atoms with Gasteiger partial charge in [-0.15, -0.1) is 16.9 Å². The summed E-state index contributed by atoms with van der Waals surface area (Å²) < 4.78 is 3.73. The first-order valence-electron chi connectivity index (χ1n) is 3.65. The second-order valence-electron chi connectivity index (χ2n) is 2.60. The van der Waals surface area contributed by atoms with Crippen molar-refractivity contribution in [2.75, 3.05) is 5.75 Å². The Labute approximate surface area is 82.7 Å². The van der Waals surface area contributed by atoms with Crippen LogP contribution in [0.4, 0.5) is 0 Å². The van der Waals surface area contributed by atoms with Crippen LogP contribution in [0.5, 0.6) is 0 Å². The predicted octanol–water partition coefficient (Wildman–Crippen LogP) is 0.326. The van der Waals surface area contributed by atoms with Crippen molar-refractivity contribution in [1.29, 1.82) is 0 Å². The van der Waals surface area contributed by atoms with Crippen LogP contribution in [0.1, 0.15) is 11.1 Å². The van der Waals surface area contributed by atoms with Gasteiger partial charge in [0.25, 0.3) is 0 Å². The number of nitrogens with one attached hydrogen (secondary N) is 1. The minimum absolute atomic E-state index is 0.0140. The molecular formula is C6H7N3O2S2. The summed E-state index contributed by atoms with van der Waals surface area (Å²) in [5.74, 6) is -0.226. The molecule has 0 spiro atoms. The summed E-state index contributed by atoms with van der Waals surface area (Å²) in [6.45, 7) is 0. The SMILES string of the molecule is O=C(O)[C@H]1CSC(c2csnn2)N1. The van der Waals surface area contributed by atoms with Crippen molar-refractivity contribution in [3.63, 3.8) is 0 Å². The molecule has 2 atom stereocenters. The van der Waals surface area contributed by atoms with Gasteiger partial charge in [-0.3, -0.25) is 10.1 Å². The summed E-state index contributed by atoms with van der Waals surface area (Å²) in [7, 11) is 0. The molecule has 0 aromatic carbocycles. The molecule has 1 aliphatic heterocycles. The highest BCUT2D eigenvalue weighted by molar-refractivity contribution is 7.99. The third-order valence-corrected chi connectivity index (χ3v) is 3.49. The van der Waals surface area contributed by atoms with Crippen LogP contribution in [0.2, 0.25) is 0 Å². The first kappa shape index (κ1) is 8.92. The molecule has 2 N–H and O–H groups in total. The Hall–Kier alpha value is -0.660. The molecule has 1 aliphatic rings. The van der Waals surface area contributed by atoms with Crippen molar-refractivity contribution in [1.82, 2.24) is 14.9 Å². The molecule has 1 fully saturated rings. The van der Waals surface area contributed by atoms with Gasteiger partial charge in [0.2, 0.25) is 0 Å². The zero-order valence-corrected chi connectivity index (χ0v) is 8.14. The van der Waals surface area contributed by atoms with Gasteiger partial charge in [0, 0.05) is 11.1 Å². The van der Waals surface area contributed by atoms with E-state index in [-0.39, 0.29) is 5.37 Å². The number of rotatable bonds is 2. The highest BCUT2D eigenvalue weighted by atomic mass is 32.2. The van der Waals surface area contributed by atoms with E-state index in [1.165, 1.54) is 11.5 Å². The lowest BCUT2D eigenvalue weighted by atomic mass is 10.3. The summed E-state index contributed by atoms with van der Waals surface area (Å²) in [4.78, 5) is 10.6.